The molecule has 20 heavy (non-hydrogen) atoms. The average molecular weight is 319 g/mol. The Morgan fingerprint density at radius 2 is 2.40 bits per heavy atom. The molecule has 0 aliphatic carbocycles. The van der Waals surface area contributed by atoms with Crippen LogP contribution >= 0.6 is 23.7 Å². The molecule has 1 aromatic heterocycles. The number of hydrogen-bond acceptors (Lipinski definition) is 4. The van der Waals surface area contributed by atoms with Crippen molar-refractivity contribution in [3.05, 3.63) is 21.9 Å². The quantitative estimate of drug-likeness (QED) is 0.845. The topological polar surface area (TPSA) is 50.4 Å². The normalized spacial score (nSPS) is 21.5. The van der Waals surface area contributed by atoms with Gasteiger partial charge in [0.05, 0.1) is 17.0 Å². The van der Waals surface area contributed by atoms with Gasteiger partial charge in [-0.2, -0.15) is 0 Å². The molecule has 1 aromatic rings. The van der Waals surface area contributed by atoms with E-state index in [-0.39, 0.29) is 23.9 Å². The highest BCUT2D eigenvalue weighted by molar-refractivity contribution is 7.12. The van der Waals surface area contributed by atoms with Gasteiger partial charge < -0.3 is 15.4 Å². The van der Waals surface area contributed by atoms with Gasteiger partial charge in [-0.3, -0.25) is 4.79 Å². The highest BCUT2D eigenvalue weighted by Gasteiger charge is 2.34. The predicted octanol–water partition coefficient (Wildman–Crippen LogP) is 2.23. The molecule has 0 spiro atoms. The Balaban J connectivity index is 0.00000200. The van der Waals surface area contributed by atoms with Crippen LogP contribution in [0.15, 0.2) is 11.4 Å². The maximum Gasteiger partial charge on any atom is 0.261 e. The Morgan fingerprint density at radius 3 is 3.00 bits per heavy atom. The first-order valence-corrected chi connectivity index (χ1v) is 7.67. The molecule has 1 aliphatic rings. The first-order valence-electron chi connectivity index (χ1n) is 6.79. The SMILES string of the molecule is CCc1ccsc1C(=O)NCC1(COC)CCCN1.Cl. The van der Waals surface area contributed by atoms with Crippen LogP contribution in [-0.2, 0) is 11.2 Å². The van der Waals surface area contributed by atoms with Gasteiger partial charge >= 0.3 is 0 Å². The van der Waals surface area contributed by atoms with E-state index in [0.717, 1.165) is 36.2 Å². The van der Waals surface area contributed by atoms with Crippen LogP contribution in [-0.4, -0.2) is 38.3 Å². The second-order valence-corrected chi connectivity index (χ2v) is 5.97. The first kappa shape index (κ1) is 17.4. The molecule has 0 radical (unpaired) electrons. The minimum Gasteiger partial charge on any atom is -0.383 e. The van der Waals surface area contributed by atoms with Crippen molar-refractivity contribution < 1.29 is 9.53 Å². The molecule has 1 atom stereocenters. The molecule has 1 saturated heterocycles. The fourth-order valence-corrected chi connectivity index (χ4v) is 3.52. The van der Waals surface area contributed by atoms with Gasteiger partial charge in [0.25, 0.3) is 5.91 Å². The lowest BCUT2D eigenvalue weighted by Gasteiger charge is -2.28. The van der Waals surface area contributed by atoms with Crippen molar-refractivity contribution in [2.45, 2.75) is 31.7 Å². The van der Waals surface area contributed by atoms with Crippen LogP contribution in [0.5, 0.6) is 0 Å². The van der Waals surface area contributed by atoms with Gasteiger partial charge in [0.15, 0.2) is 0 Å². The van der Waals surface area contributed by atoms with E-state index < -0.39 is 0 Å². The van der Waals surface area contributed by atoms with E-state index in [2.05, 4.69) is 17.6 Å². The van der Waals surface area contributed by atoms with Crippen molar-refractivity contribution in [1.29, 1.82) is 0 Å². The summed E-state index contributed by atoms with van der Waals surface area (Å²) in [5.74, 6) is 0.0380. The zero-order valence-electron chi connectivity index (χ0n) is 12.0. The Labute approximate surface area is 130 Å². The number of thiophene rings is 1. The summed E-state index contributed by atoms with van der Waals surface area (Å²) in [5.41, 5.74) is 1.04. The summed E-state index contributed by atoms with van der Waals surface area (Å²) < 4.78 is 5.29. The summed E-state index contributed by atoms with van der Waals surface area (Å²) in [6.45, 7) is 4.33. The van der Waals surface area contributed by atoms with E-state index in [1.54, 1.807) is 7.11 Å². The standard InChI is InChI=1S/C14H22N2O2S.ClH/c1-3-11-5-8-19-12(11)13(17)15-9-14(10-18-2)6-4-7-16-14;/h5,8,16H,3-4,6-7,9-10H2,1-2H3,(H,15,17);1H. The van der Waals surface area contributed by atoms with Gasteiger partial charge in [0, 0.05) is 13.7 Å². The van der Waals surface area contributed by atoms with E-state index in [4.69, 9.17) is 4.74 Å². The van der Waals surface area contributed by atoms with E-state index >= 15 is 0 Å². The van der Waals surface area contributed by atoms with Crippen LogP contribution in [0.1, 0.15) is 35.0 Å². The van der Waals surface area contributed by atoms with Crippen LogP contribution < -0.4 is 10.6 Å². The molecular weight excluding hydrogens is 296 g/mol. The summed E-state index contributed by atoms with van der Waals surface area (Å²) in [7, 11) is 1.71. The number of amides is 1. The van der Waals surface area contributed by atoms with E-state index in [9.17, 15) is 4.79 Å². The van der Waals surface area contributed by atoms with Crippen LogP contribution in [0.3, 0.4) is 0 Å². The minimum absolute atomic E-state index is 0. The van der Waals surface area contributed by atoms with E-state index in [1.165, 1.54) is 11.3 Å². The number of nitrogens with one attached hydrogen (secondary N) is 2. The monoisotopic (exact) mass is 318 g/mol. The molecule has 1 fully saturated rings. The number of halogens is 1. The number of aryl methyl sites for hydroxylation is 1. The molecule has 1 aliphatic heterocycles. The number of hydrogen-bond donors (Lipinski definition) is 2. The lowest BCUT2D eigenvalue weighted by atomic mass is 9.98. The lowest BCUT2D eigenvalue weighted by molar-refractivity contribution is 0.0895. The van der Waals surface area contributed by atoms with Crippen molar-refractivity contribution in [2.24, 2.45) is 0 Å². The fourth-order valence-electron chi connectivity index (χ4n) is 2.61. The molecule has 2 N–H and O–H groups in total. The van der Waals surface area contributed by atoms with Crippen molar-refractivity contribution >= 4 is 29.7 Å². The van der Waals surface area contributed by atoms with Gasteiger partial charge in [-0.15, -0.1) is 23.7 Å². The number of ether oxygens (including phenoxy) is 1. The smallest absolute Gasteiger partial charge is 0.261 e. The Bertz CT molecular complexity index is 431. The van der Waals surface area contributed by atoms with Gasteiger partial charge in [-0.25, -0.2) is 0 Å². The van der Waals surface area contributed by atoms with Crippen molar-refractivity contribution in [1.82, 2.24) is 10.6 Å². The first-order chi connectivity index (χ1) is 9.21. The molecular formula is C14H23ClN2O2S. The molecule has 6 heteroatoms. The summed E-state index contributed by atoms with van der Waals surface area (Å²) in [6, 6.07) is 2.03. The number of carbonyl (C=O) groups excluding carboxylic acids is 1. The van der Waals surface area contributed by atoms with Crippen LogP contribution in [0.25, 0.3) is 0 Å². The number of methoxy groups -OCH3 is 1. The summed E-state index contributed by atoms with van der Waals surface area (Å²) in [4.78, 5) is 13.1. The lowest BCUT2D eigenvalue weighted by Crippen LogP contribution is -2.52. The highest BCUT2D eigenvalue weighted by Crippen LogP contribution is 2.20. The molecule has 4 nitrogen and oxygen atoms in total. The number of carbonyl (C=O) groups is 1. The third-order valence-electron chi connectivity index (χ3n) is 3.67. The number of rotatable bonds is 6. The minimum atomic E-state index is -0.0892. The summed E-state index contributed by atoms with van der Waals surface area (Å²) in [5, 5.41) is 8.50. The van der Waals surface area contributed by atoms with Crippen LogP contribution in [0.2, 0.25) is 0 Å². The average Bonchev–Trinajstić information content (AvgIpc) is 3.05. The van der Waals surface area contributed by atoms with Crippen LogP contribution in [0.4, 0.5) is 0 Å². The Hall–Kier alpha value is -0.620. The second-order valence-electron chi connectivity index (χ2n) is 5.05. The molecule has 2 rings (SSSR count). The predicted molar refractivity (Wildman–Crippen MR) is 85.1 cm³/mol. The third kappa shape index (κ3) is 3.95. The van der Waals surface area contributed by atoms with Gasteiger partial charge in [-0.1, -0.05) is 6.92 Å². The molecule has 2 heterocycles. The molecule has 0 bridgehead atoms. The maximum absolute atomic E-state index is 12.2. The fraction of sp³-hybridized carbons (Fsp3) is 0.643. The van der Waals surface area contributed by atoms with Crippen molar-refractivity contribution in [3.63, 3.8) is 0 Å². The van der Waals surface area contributed by atoms with E-state index in [0.29, 0.717) is 13.2 Å². The van der Waals surface area contributed by atoms with Crippen LogP contribution in [0, 0.1) is 0 Å². The molecule has 1 unspecified atom stereocenters. The van der Waals surface area contributed by atoms with Gasteiger partial charge in [0.2, 0.25) is 0 Å². The molecule has 0 saturated carbocycles. The van der Waals surface area contributed by atoms with E-state index in [1.807, 2.05) is 11.4 Å². The highest BCUT2D eigenvalue weighted by atomic mass is 35.5. The second kappa shape index (κ2) is 7.98. The Morgan fingerprint density at radius 1 is 1.60 bits per heavy atom. The third-order valence-corrected chi connectivity index (χ3v) is 4.63. The van der Waals surface area contributed by atoms with Crippen molar-refractivity contribution in [3.8, 4) is 0 Å². The van der Waals surface area contributed by atoms with Gasteiger partial charge in [0.1, 0.15) is 0 Å². The van der Waals surface area contributed by atoms with Gasteiger partial charge in [-0.05, 0) is 42.8 Å². The van der Waals surface area contributed by atoms with Crippen molar-refractivity contribution in [2.75, 3.05) is 26.8 Å². The zero-order valence-corrected chi connectivity index (χ0v) is 13.7. The summed E-state index contributed by atoms with van der Waals surface area (Å²) >= 11 is 1.51. The molecule has 0 aromatic carbocycles. The largest absolute Gasteiger partial charge is 0.383 e. The zero-order chi connectivity index (χ0) is 13.7. The molecule has 114 valence electrons. The summed E-state index contributed by atoms with van der Waals surface area (Å²) in [6.07, 6.45) is 3.08. The maximum atomic E-state index is 12.2. The Kier molecular flexibility index (Phi) is 6.95. The molecule has 1 amide bonds.